The summed E-state index contributed by atoms with van der Waals surface area (Å²) in [6, 6.07) is 8.19. The molecule has 1 amide bonds. The van der Waals surface area contributed by atoms with Gasteiger partial charge in [-0.05, 0) is 12.0 Å². The van der Waals surface area contributed by atoms with Crippen LogP contribution in [0.5, 0.6) is 0 Å². The maximum atomic E-state index is 12.4. The standard InChI is InChI=1S/C18H23N3O4/c1-3-7-13(19)17-21-15(11-25-17)16(22)20-14(18(23)24-2)10-12-8-5-4-6-9-12/h4-6,8-9,11,13-14H,3,7,10,19H2,1-2H3,(H,20,22). The van der Waals surface area contributed by atoms with E-state index in [2.05, 4.69) is 10.3 Å². The lowest BCUT2D eigenvalue weighted by molar-refractivity contribution is -0.142. The number of amides is 1. The first kappa shape index (κ1) is 18.7. The van der Waals surface area contributed by atoms with E-state index >= 15 is 0 Å². The molecule has 0 aliphatic heterocycles. The maximum Gasteiger partial charge on any atom is 0.328 e. The topological polar surface area (TPSA) is 107 Å². The van der Waals surface area contributed by atoms with Gasteiger partial charge in [-0.2, -0.15) is 0 Å². The maximum absolute atomic E-state index is 12.4. The van der Waals surface area contributed by atoms with E-state index in [1.807, 2.05) is 37.3 Å². The number of nitrogens with one attached hydrogen (secondary N) is 1. The summed E-state index contributed by atoms with van der Waals surface area (Å²) < 4.78 is 10.1. The van der Waals surface area contributed by atoms with Crippen LogP contribution in [-0.4, -0.2) is 30.0 Å². The minimum absolute atomic E-state index is 0.0866. The molecule has 2 aromatic rings. The largest absolute Gasteiger partial charge is 0.467 e. The SMILES string of the molecule is CCCC(N)c1nc(C(=O)NC(Cc2ccccc2)C(=O)OC)co1. The van der Waals surface area contributed by atoms with Gasteiger partial charge in [0.15, 0.2) is 5.69 Å². The third kappa shape index (κ3) is 5.15. The Morgan fingerprint density at radius 3 is 2.68 bits per heavy atom. The smallest absolute Gasteiger partial charge is 0.328 e. The normalized spacial score (nSPS) is 13.1. The van der Waals surface area contributed by atoms with Gasteiger partial charge in [0, 0.05) is 6.42 Å². The van der Waals surface area contributed by atoms with Crippen molar-refractivity contribution in [2.75, 3.05) is 7.11 Å². The van der Waals surface area contributed by atoms with Gasteiger partial charge in [0.2, 0.25) is 5.89 Å². The predicted molar refractivity (Wildman–Crippen MR) is 91.8 cm³/mol. The second kappa shape index (κ2) is 8.98. The highest BCUT2D eigenvalue weighted by Crippen LogP contribution is 2.15. The monoisotopic (exact) mass is 345 g/mol. The zero-order valence-corrected chi connectivity index (χ0v) is 14.4. The van der Waals surface area contributed by atoms with Gasteiger partial charge < -0.3 is 20.2 Å². The lowest BCUT2D eigenvalue weighted by Gasteiger charge is -2.15. The molecule has 3 N–H and O–H groups in total. The second-order valence-electron chi connectivity index (χ2n) is 5.71. The molecule has 2 atom stereocenters. The predicted octanol–water partition coefficient (Wildman–Crippen LogP) is 1.99. The number of hydrogen-bond acceptors (Lipinski definition) is 6. The third-order valence-electron chi connectivity index (χ3n) is 3.75. The number of ether oxygens (including phenoxy) is 1. The molecule has 2 unspecified atom stereocenters. The summed E-state index contributed by atoms with van der Waals surface area (Å²) in [5, 5.41) is 2.64. The molecule has 0 radical (unpaired) electrons. The van der Waals surface area contributed by atoms with Crippen molar-refractivity contribution in [1.29, 1.82) is 0 Å². The number of carbonyl (C=O) groups is 2. The zero-order chi connectivity index (χ0) is 18.2. The number of esters is 1. The molecule has 0 aliphatic rings. The Kier molecular flexibility index (Phi) is 6.71. The molecule has 0 aliphatic carbocycles. The van der Waals surface area contributed by atoms with Gasteiger partial charge in [0.25, 0.3) is 5.91 Å². The first-order valence-electron chi connectivity index (χ1n) is 8.18. The molecule has 134 valence electrons. The van der Waals surface area contributed by atoms with Crippen molar-refractivity contribution in [1.82, 2.24) is 10.3 Å². The van der Waals surface area contributed by atoms with Gasteiger partial charge in [-0.3, -0.25) is 4.79 Å². The van der Waals surface area contributed by atoms with E-state index in [0.29, 0.717) is 18.7 Å². The average Bonchev–Trinajstić information content (AvgIpc) is 3.12. The Hall–Kier alpha value is -2.67. The van der Waals surface area contributed by atoms with Crippen molar-refractivity contribution < 1.29 is 18.7 Å². The molecule has 2 rings (SSSR count). The van der Waals surface area contributed by atoms with Crippen LogP contribution in [0.3, 0.4) is 0 Å². The molecule has 0 saturated carbocycles. The molecule has 0 saturated heterocycles. The fourth-order valence-corrected chi connectivity index (χ4v) is 2.41. The van der Waals surface area contributed by atoms with Crippen LogP contribution in [0.25, 0.3) is 0 Å². The van der Waals surface area contributed by atoms with Crippen LogP contribution in [0, 0.1) is 0 Å². The van der Waals surface area contributed by atoms with E-state index < -0.39 is 17.9 Å². The van der Waals surface area contributed by atoms with E-state index in [9.17, 15) is 9.59 Å². The van der Waals surface area contributed by atoms with E-state index in [1.165, 1.54) is 13.4 Å². The molecule has 1 heterocycles. The van der Waals surface area contributed by atoms with Crippen molar-refractivity contribution in [3.8, 4) is 0 Å². The minimum Gasteiger partial charge on any atom is -0.467 e. The first-order valence-corrected chi connectivity index (χ1v) is 8.18. The molecule has 0 spiro atoms. The van der Waals surface area contributed by atoms with Gasteiger partial charge >= 0.3 is 5.97 Å². The summed E-state index contributed by atoms with van der Waals surface area (Å²) in [5.74, 6) is -0.724. The van der Waals surface area contributed by atoms with Crippen molar-refractivity contribution in [2.24, 2.45) is 5.73 Å². The number of nitrogens with two attached hydrogens (primary N) is 1. The van der Waals surface area contributed by atoms with Crippen molar-refractivity contribution in [3.63, 3.8) is 0 Å². The molecule has 7 heteroatoms. The van der Waals surface area contributed by atoms with Gasteiger partial charge in [-0.1, -0.05) is 43.7 Å². The number of oxazole rings is 1. The first-order chi connectivity index (χ1) is 12.0. The highest BCUT2D eigenvalue weighted by molar-refractivity contribution is 5.95. The van der Waals surface area contributed by atoms with Gasteiger partial charge in [0.05, 0.1) is 13.2 Å². The fraction of sp³-hybridized carbons (Fsp3) is 0.389. The molecular formula is C18H23N3O4. The zero-order valence-electron chi connectivity index (χ0n) is 14.4. The fourth-order valence-electron chi connectivity index (χ4n) is 2.41. The number of rotatable bonds is 8. The van der Waals surface area contributed by atoms with Crippen LogP contribution in [-0.2, 0) is 16.0 Å². The molecular weight excluding hydrogens is 322 g/mol. The molecule has 7 nitrogen and oxygen atoms in total. The lowest BCUT2D eigenvalue weighted by atomic mass is 10.1. The van der Waals surface area contributed by atoms with Crippen LogP contribution in [0.4, 0.5) is 0 Å². The Bertz CT molecular complexity index is 699. The van der Waals surface area contributed by atoms with Crippen molar-refractivity contribution >= 4 is 11.9 Å². The highest BCUT2D eigenvalue weighted by atomic mass is 16.5. The summed E-state index contributed by atoms with van der Waals surface area (Å²) in [7, 11) is 1.28. The minimum atomic E-state index is -0.815. The Labute approximate surface area is 146 Å². The molecule has 1 aromatic carbocycles. The van der Waals surface area contributed by atoms with Gasteiger partial charge in [-0.15, -0.1) is 0 Å². The molecule has 0 bridgehead atoms. The number of nitrogens with zero attached hydrogens (tertiary/aromatic N) is 1. The van der Waals surface area contributed by atoms with Gasteiger partial charge in [0.1, 0.15) is 12.3 Å². The number of benzene rings is 1. The van der Waals surface area contributed by atoms with Gasteiger partial charge in [-0.25, -0.2) is 9.78 Å². The number of carbonyl (C=O) groups excluding carboxylic acids is 2. The van der Waals surface area contributed by atoms with Crippen LogP contribution in [0.2, 0.25) is 0 Å². The quantitative estimate of drug-likeness (QED) is 0.709. The van der Waals surface area contributed by atoms with Crippen molar-refractivity contribution in [2.45, 2.75) is 38.3 Å². The lowest BCUT2D eigenvalue weighted by Crippen LogP contribution is -2.43. The molecule has 25 heavy (non-hydrogen) atoms. The summed E-state index contributed by atoms with van der Waals surface area (Å²) in [6.07, 6.45) is 3.16. The number of hydrogen-bond donors (Lipinski definition) is 2. The van der Waals surface area contributed by atoms with Crippen LogP contribution in [0.1, 0.15) is 47.7 Å². The molecule has 1 aromatic heterocycles. The number of aromatic nitrogens is 1. The summed E-state index contributed by atoms with van der Waals surface area (Å²) in [5.41, 5.74) is 6.92. The van der Waals surface area contributed by atoms with Crippen molar-refractivity contribution in [3.05, 3.63) is 53.7 Å². The van der Waals surface area contributed by atoms with E-state index in [4.69, 9.17) is 14.9 Å². The number of methoxy groups -OCH3 is 1. The van der Waals surface area contributed by atoms with Crippen LogP contribution >= 0.6 is 0 Å². The third-order valence-corrected chi connectivity index (χ3v) is 3.75. The average molecular weight is 345 g/mol. The Morgan fingerprint density at radius 2 is 2.04 bits per heavy atom. The highest BCUT2D eigenvalue weighted by Gasteiger charge is 2.24. The van der Waals surface area contributed by atoms with E-state index in [1.54, 1.807) is 0 Å². The summed E-state index contributed by atoms with van der Waals surface area (Å²) in [6.45, 7) is 2.00. The summed E-state index contributed by atoms with van der Waals surface area (Å²) in [4.78, 5) is 28.5. The Morgan fingerprint density at radius 1 is 1.32 bits per heavy atom. The van der Waals surface area contributed by atoms with E-state index in [-0.39, 0.29) is 11.7 Å². The summed E-state index contributed by atoms with van der Waals surface area (Å²) >= 11 is 0. The molecule has 0 fully saturated rings. The van der Waals surface area contributed by atoms with E-state index in [0.717, 1.165) is 12.0 Å². The van der Waals surface area contributed by atoms with Crippen LogP contribution < -0.4 is 11.1 Å². The second-order valence-corrected chi connectivity index (χ2v) is 5.71. The van der Waals surface area contributed by atoms with Crippen LogP contribution in [0.15, 0.2) is 41.0 Å². The Balaban J connectivity index is 2.07.